The summed E-state index contributed by atoms with van der Waals surface area (Å²) >= 11 is 0. The molecule has 0 radical (unpaired) electrons. The highest BCUT2D eigenvalue weighted by atomic mass is 16.5. The molecule has 0 bridgehead atoms. The zero-order valence-electron chi connectivity index (χ0n) is 15.1. The van der Waals surface area contributed by atoms with Gasteiger partial charge in [-0.2, -0.15) is 0 Å². The van der Waals surface area contributed by atoms with Crippen molar-refractivity contribution in [3.8, 4) is 0 Å². The molecule has 4 atom stereocenters. The van der Waals surface area contributed by atoms with Gasteiger partial charge in [-0.3, -0.25) is 0 Å². The van der Waals surface area contributed by atoms with Gasteiger partial charge in [0.1, 0.15) is 24.4 Å². The highest BCUT2D eigenvalue weighted by Gasteiger charge is 2.39. The first-order valence-electron chi connectivity index (χ1n) is 9.55. The van der Waals surface area contributed by atoms with Crippen LogP contribution in [0.25, 0.3) is 0 Å². The first kappa shape index (κ1) is 21.6. The third-order valence-corrected chi connectivity index (χ3v) is 4.43. The predicted molar refractivity (Wildman–Crippen MR) is 94.9 cm³/mol. The lowest BCUT2D eigenvalue weighted by Gasteiger charge is -2.20. The van der Waals surface area contributed by atoms with Gasteiger partial charge in [0.2, 0.25) is 0 Å². The summed E-state index contributed by atoms with van der Waals surface area (Å²) in [4.78, 5) is 0. The van der Waals surface area contributed by atoms with Gasteiger partial charge in [0.05, 0.1) is 19.8 Å². The van der Waals surface area contributed by atoms with E-state index in [9.17, 15) is 15.3 Å². The maximum Gasteiger partial charge on any atom is 0.114 e. The second-order valence-corrected chi connectivity index (χ2v) is 6.67. The standard InChI is InChI=1S/C19H36O5/c1-2-3-4-5-6-7-8-9-10-11-12-13-23-14-17(21)19-18(22)16(20)15-24-19/h10-11,16-22H,2-9,12-15H2,1H3/b11-10+/t16-,17+,18-,19-/m1/s1. The van der Waals surface area contributed by atoms with Gasteiger partial charge in [-0.1, -0.05) is 57.6 Å². The SMILES string of the molecule is CCCCCCCCC/C=C/CCOC[C@H](O)[C@H]1OC[C@@H](O)[C@H]1O. The highest BCUT2D eigenvalue weighted by molar-refractivity contribution is 4.88. The van der Waals surface area contributed by atoms with Gasteiger partial charge in [0, 0.05) is 0 Å². The van der Waals surface area contributed by atoms with E-state index in [2.05, 4.69) is 19.1 Å². The summed E-state index contributed by atoms with van der Waals surface area (Å²) in [6, 6.07) is 0. The Hall–Kier alpha value is -0.460. The average molecular weight is 344 g/mol. The highest BCUT2D eigenvalue weighted by Crippen LogP contribution is 2.17. The maximum atomic E-state index is 9.88. The van der Waals surface area contributed by atoms with Crippen molar-refractivity contribution in [2.75, 3.05) is 19.8 Å². The number of unbranched alkanes of at least 4 members (excludes halogenated alkanes) is 7. The number of hydrogen-bond donors (Lipinski definition) is 3. The number of allylic oxidation sites excluding steroid dienone is 1. The fourth-order valence-electron chi connectivity index (χ4n) is 2.87. The molecule has 142 valence electrons. The molecule has 0 amide bonds. The normalized spacial score (nSPS) is 25.6. The Morgan fingerprint density at radius 1 is 1.04 bits per heavy atom. The molecule has 0 aromatic carbocycles. The summed E-state index contributed by atoms with van der Waals surface area (Å²) in [6.45, 7) is 2.95. The summed E-state index contributed by atoms with van der Waals surface area (Å²) in [5, 5.41) is 28.9. The molecule has 1 fully saturated rings. The molecule has 0 aromatic heterocycles. The van der Waals surface area contributed by atoms with Gasteiger partial charge >= 0.3 is 0 Å². The molecule has 5 nitrogen and oxygen atoms in total. The molecule has 1 saturated heterocycles. The van der Waals surface area contributed by atoms with Gasteiger partial charge in [-0.05, 0) is 19.3 Å². The van der Waals surface area contributed by atoms with Crippen molar-refractivity contribution in [3.63, 3.8) is 0 Å². The van der Waals surface area contributed by atoms with Gasteiger partial charge in [0.15, 0.2) is 0 Å². The van der Waals surface area contributed by atoms with Crippen LogP contribution in [0.15, 0.2) is 12.2 Å². The molecule has 0 unspecified atom stereocenters. The molecular weight excluding hydrogens is 308 g/mol. The Labute approximate surface area is 146 Å². The lowest BCUT2D eigenvalue weighted by molar-refractivity contribution is -0.0806. The third-order valence-electron chi connectivity index (χ3n) is 4.43. The Balaban J connectivity index is 1.89. The molecule has 0 aliphatic carbocycles. The van der Waals surface area contributed by atoms with Gasteiger partial charge < -0.3 is 24.8 Å². The van der Waals surface area contributed by atoms with Crippen molar-refractivity contribution < 1.29 is 24.8 Å². The molecule has 24 heavy (non-hydrogen) atoms. The van der Waals surface area contributed by atoms with E-state index in [1.165, 1.54) is 44.9 Å². The van der Waals surface area contributed by atoms with Crippen LogP contribution in [0, 0.1) is 0 Å². The molecule has 5 heteroatoms. The fourth-order valence-corrected chi connectivity index (χ4v) is 2.87. The smallest absolute Gasteiger partial charge is 0.114 e. The summed E-state index contributed by atoms with van der Waals surface area (Å²) in [6.07, 6.45) is 12.0. The van der Waals surface area contributed by atoms with E-state index in [1.807, 2.05) is 0 Å². The summed E-state index contributed by atoms with van der Waals surface area (Å²) in [5.41, 5.74) is 0. The summed E-state index contributed by atoms with van der Waals surface area (Å²) in [7, 11) is 0. The number of rotatable bonds is 14. The van der Waals surface area contributed by atoms with Gasteiger partial charge in [-0.25, -0.2) is 0 Å². The molecule has 0 aromatic rings. The van der Waals surface area contributed by atoms with Crippen LogP contribution >= 0.6 is 0 Å². The van der Waals surface area contributed by atoms with Crippen LogP contribution < -0.4 is 0 Å². The van der Waals surface area contributed by atoms with Crippen molar-refractivity contribution in [1.29, 1.82) is 0 Å². The van der Waals surface area contributed by atoms with Crippen LogP contribution in [0.3, 0.4) is 0 Å². The molecule has 3 N–H and O–H groups in total. The van der Waals surface area contributed by atoms with Crippen molar-refractivity contribution in [2.45, 2.75) is 89.1 Å². The van der Waals surface area contributed by atoms with Crippen molar-refractivity contribution in [3.05, 3.63) is 12.2 Å². The largest absolute Gasteiger partial charge is 0.388 e. The van der Waals surface area contributed by atoms with E-state index in [0.29, 0.717) is 6.61 Å². The number of ether oxygens (including phenoxy) is 2. The Morgan fingerprint density at radius 3 is 2.38 bits per heavy atom. The Kier molecular flexibility index (Phi) is 12.4. The van der Waals surface area contributed by atoms with E-state index < -0.39 is 24.4 Å². The predicted octanol–water partition coefficient (Wildman–Crippen LogP) is 2.57. The van der Waals surface area contributed by atoms with Crippen molar-refractivity contribution in [2.24, 2.45) is 0 Å². The van der Waals surface area contributed by atoms with E-state index >= 15 is 0 Å². The second-order valence-electron chi connectivity index (χ2n) is 6.67. The maximum absolute atomic E-state index is 9.88. The lowest BCUT2D eigenvalue weighted by atomic mass is 10.1. The molecule has 1 aliphatic rings. The van der Waals surface area contributed by atoms with Gasteiger partial charge in [-0.15, -0.1) is 0 Å². The van der Waals surface area contributed by atoms with Crippen molar-refractivity contribution in [1.82, 2.24) is 0 Å². The monoisotopic (exact) mass is 344 g/mol. The molecule has 0 saturated carbocycles. The molecule has 1 heterocycles. The quantitative estimate of drug-likeness (QED) is 0.333. The first-order valence-corrected chi connectivity index (χ1v) is 9.55. The van der Waals surface area contributed by atoms with E-state index in [-0.39, 0.29) is 13.2 Å². The molecule has 1 rings (SSSR count). The topological polar surface area (TPSA) is 79.2 Å². The zero-order chi connectivity index (χ0) is 17.6. The van der Waals surface area contributed by atoms with E-state index in [0.717, 1.165) is 12.8 Å². The molecule has 0 spiro atoms. The van der Waals surface area contributed by atoms with Crippen molar-refractivity contribution >= 4 is 0 Å². The number of aliphatic hydroxyl groups is 3. The fraction of sp³-hybridized carbons (Fsp3) is 0.895. The van der Waals surface area contributed by atoms with Crippen LogP contribution in [0.2, 0.25) is 0 Å². The Bertz CT molecular complexity index is 321. The minimum atomic E-state index is -1.04. The third kappa shape index (κ3) is 9.14. The first-order chi connectivity index (χ1) is 11.7. The van der Waals surface area contributed by atoms with Crippen LogP contribution in [-0.2, 0) is 9.47 Å². The molecular formula is C19H36O5. The average Bonchev–Trinajstić information content (AvgIpc) is 2.91. The second kappa shape index (κ2) is 13.8. The van der Waals surface area contributed by atoms with Crippen LogP contribution in [-0.4, -0.2) is 59.6 Å². The minimum absolute atomic E-state index is 0.0598. The number of hydrogen-bond acceptors (Lipinski definition) is 5. The van der Waals surface area contributed by atoms with E-state index in [1.54, 1.807) is 0 Å². The summed E-state index contributed by atoms with van der Waals surface area (Å²) < 4.78 is 10.6. The minimum Gasteiger partial charge on any atom is -0.388 e. The van der Waals surface area contributed by atoms with Crippen LogP contribution in [0.5, 0.6) is 0 Å². The molecule has 1 aliphatic heterocycles. The van der Waals surface area contributed by atoms with Gasteiger partial charge in [0.25, 0.3) is 0 Å². The van der Waals surface area contributed by atoms with Crippen LogP contribution in [0.1, 0.15) is 64.7 Å². The van der Waals surface area contributed by atoms with Crippen LogP contribution in [0.4, 0.5) is 0 Å². The lowest BCUT2D eigenvalue weighted by Crippen LogP contribution is -2.40. The zero-order valence-corrected chi connectivity index (χ0v) is 15.1. The van der Waals surface area contributed by atoms with E-state index in [4.69, 9.17) is 9.47 Å². The Morgan fingerprint density at radius 2 is 1.71 bits per heavy atom. The summed E-state index contributed by atoms with van der Waals surface area (Å²) in [5.74, 6) is 0. The number of aliphatic hydroxyl groups excluding tert-OH is 3.